The van der Waals surface area contributed by atoms with E-state index in [1.54, 1.807) is 0 Å². The van der Waals surface area contributed by atoms with Gasteiger partial charge < -0.3 is 11.1 Å². The van der Waals surface area contributed by atoms with E-state index in [9.17, 15) is 18.0 Å². The fourth-order valence-corrected chi connectivity index (χ4v) is 3.28. The Morgan fingerprint density at radius 2 is 1.83 bits per heavy atom. The number of hydrogen-bond acceptors (Lipinski definition) is 3. The Bertz CT molecular complexity index is 510. The van der Waals surface area contributed by atoms with E-state index in [0.717, 1.165) is 25.7 Å². The van der Waals surface area contributed by atoms with Gasteiger partial charge in [0.05, 0.1) is 0 Å². The Labute approximate surface area is 144 Å². The first kappa shape index (κ1) is 20.1. The number of rotatable bonds is 4. The number of hydrogen-bond donors (Lipinski definition) is 2. The molecule has 1 aromatic rings. The first-order chi connectivity index (χ1) is 10.4. The molecule has 1 fully saturated rings. The van der Waals surface area contributed by atoms with Gasteiger partial charge >= 0.3 is 5.51 Å². The first-order valence-corrected chi connectivity index (χ1v) is 8.07. The molecule has 1 aliphatic carbocycles. The molecule has 1 saturated carbocycles. The van der Waals surface area contributed by atoms with E-state index in [0.29, 0.717) is 12.1 Å². The van der Waals surface area contributed by atoms with Gasteiger partial charge in [0.1, 0.15) is 0 Å². The Morgan fingerprint density at radius 3 is 2.39 bits per heavy atom. The summed E-state index contributed by atoms with van der Waals surface area (Å²) >= 11 is -0.187. The van der Waals surface area contributed by atoms with E-state index in [1.807, 2.05) is 0 Å². The molecule has 8 heteroatoms. The predicted molar refractivity (Wildman–Crippen MR) is 87.9 cm³/mol. The van der Waals surface area contributed by atoms with E-state index in [-0.39, 0.29) is 46.9 Å². The van der Waals surface area contributed by atoms with Crippen LogP contribution in [0.1, 0.15) is 36.0 Å². The summed E-state index contributed by atoms with van der Waals surface area (Å²) in [6.07, 6.45) is 4.08. The highest BCUT2D eigenvalue weighted by molar-refractivity contribution is 8.00. The van der Waals surface area contributed by atoms with Crippen molar-refractivity contribution in [3.8, 4) is 0 Å². The van der Waals surface area contributed by atoms with Crippen molar-refractivity contribution in [3.05, 3.63) is 29.8 Å². The van der Waals surface area contributed by atoms with Gasteiger partial charge in [-0.25, -0.2) is 0 Å². The molecule has 3 N–H and O–H groups in total. The largest absolute Gasteiger partial charge is 0.446 e. The van der Waals surface area contributed by atoms with Crippen LogP contribution in [0.25, 0.3) is 0 Å². The number of halogens is 4. The Balaban J connectivity index is 0.00000264. The number of carbonyl (C=O) groups excluding carboxylic acids is 1. The van der Waals surface area contributed by atoms with Crippen molar-refractivity contribution in [2.45, 2.75) is 42.1 Å². The summed E-state index contributed by atoms with van der Waals surface area (Å²) in [5, 5.41) is 2.96. The smallest absolute Gasteiger partial charge is 0.349 e. The van der Waals surface area contributed by atoms with Gasteiger partial charge in [0.15, 0.2) is 0 Å². The molecule has 2 rings (SSSR count). The van der Waals surface area contributed by atoms with Gasteiger partial charge in [-0.05, 0) is 61.3 Å². The third-order valence-corrected chi connectivity index (χ3v) is 4.62. The van der Waals surface area contributed by atoms with Crippen LogP contribution < -0.4 is 11.1 Å². The zero-order valence-corrected chi connectivity index (χ0v) is 14.1. The molecule has 0 spiro atoms. The lowest BCUT2D eigenvalue weighted by Crippen LogP contribution is -2.44. The SMILES string of the molecule is Cl.NCC1CCCCC1NC(=O)c1ccc(SC(F)(F)F)cc1. The van der Waals surface area contributed by atoms with Crippen molar-refractivity contribution in [1.82, 2.24) is 5.32 Å². The number of nitrogens with two attached hydrogens (primary N) is 1. The van der Waals surface area contributed by atoms with Crippen molar-refractivity contribution < 1.29 is 18.0 Å². The van der Waals surface area contributed by atoms with Gasteiger partial charge in [0, 0.05) is 16.5 Å². The van der Waals surface area contributed by atoms with E-state index < -0.39 is 5.51 Å². The van der Waals surface area contributed by atoms with Crippen LogP contribution in [0.15, 0.2) is 29.2 Å². The summed E-state index contributed by atoms with van der Waals surface area (Å²) < 4.78 is 36.8. The predicted octanol–water partition coefficient (Wildman–Crippen LogP) is 3.97. The molecule has 1 aliphatic rings. The maximum absolute atomic E-state index is 12.3. The fraction of sp³-hybridized carbons (Fsp3) is 0.533. The van der Waals surface area contributed by atoms with Crippen LogP contribution >= 0.6 is 24.2 Å². The van der Waals surface area contributed by atoms with Gasteiger partial charge in [-0.2, -0.15) is 13.2 Å². The van der Waals surface area contributed by atoms with Crippen molar-refractivity contribution >= 4 is 30.1 Å². The second-order valence-corrected chi connectivity index (χ2v) is 6.57. The molecule has 23 heavy (non-hydrogen) atoms. The average molecular weight is 369 g/mol. The summed E-state index contributed by atoms with van der Waals surface area (Å²) in [6, 6.07) is 5.52. The molecule has 0 bridgehead atoms. The van der Waals surface area contributed by atoms with Crippen LogP contribution in [0.5, 0.6) is 0 Å². The topological polar surface area (TPSA) is 55.1 Å². The summed E-state index contributed by atoms with van der Waals surface area (Å²) in [4.78, 5) is 12.3. The van der Waals surface area contributed by atoms with Crippen molar-refractivity contribution in [1.29, 1.82) is 0 Å². The first-order valence-electron chi connectivity index (χ1n) is 7.26. The molecular weight excluding hydrogens is 349 g/mol. The van der Waals surface area contributed by atoms with Crippen molar-refractivity contribution in [2.24, 2.45) is 11.7 Å². The number of alkyl halides is 3. The lowest BCUT2D eigenvalue weighted by molar-refractivity contribution is -0.0328. The monoisotopic (exact) mass is 368 g/mol. The highest BCUT2D eigenvalue weighted by Gasteiger charge is 2.29. The number of nitrogens with one attached hydrogen (secondary N) is 1. The molecular formula is C15H20ClF3N2OS. The molecule has 130 valence electrons. The summed E-state index contributed by atoms with van der Waals surface area (Å²) in [5.41, 5.74) is 1.78. The molecule has 0 heterocycles. The minimum atomic E-state index is -4.32. The molecule has 2 atom stereocenters. The molecule has 3 nitrogen and oxygen atoms in total. The van der Waals surface area contributed by atoms with Gasteiger partial charge in [0.2, 0.25) is 0 Å². The third kappa shape index (κ3) is 6.24. The minimum absolute atomic E-state index is 0. The molecule has 0 aromatic heterocycles. The van der Waals surface area contributed by atoms with Crippen LogP contribution in [-0.2, 0) is 0 Å². The van der Waals surface area contributed by atoms with Crippen molar-refractivity contribution in [3.63, 3.8) is 0 Å². The quantitative estimate of drug-likeness (QED) is 0.791. The number of thioether (sulfide) groups is 1. The van der Waals surface area contributed by atoms with E-state index in [4.69, 9.17) is 5.73 Å². The number of carbonyl (C=O) groups is 1. The average Bonchev–Trinajstić information content (AvgIpc) is 2.47. The second-order valence-electron chi connectivity index (χ2n) is 5.43. The Kier molecular flexibility index (Phi) is 7.70. The van der Waals surface area contributed by atoms with Crippen LogP contribution in [0.3, 0.4) is 0 Å². The highest BCUT2D eigenvalue weighted by Crippen LogP contribution is 2.36. The zero-order valence-electron chi connectivity index (χ0n) is 12.4. The lowest BCUT2D eigenvalue weighted by Gasteiger charge is -2.31. The second kappa shape index (κ2) is 8.80. The maximum atomic E-state index is 12.3. The fourth-order valence-electron chi connectivity index (χ4n) is 2.74. The van der Waals surface area contributed by atoms with Gasteiger partial charge in [-0.15, -0.1) is 12.4 Å². The van der Waals surface area contributed by atoms with Gasteiger partial charge in [-0.3, -0.25) is 4.79 Å². The van der Waals surface area contributed by atoms with E-state index in [1.165, 1.54) is 24.3 Å². The van der Waals surface area contributed by atoms with Gasteiger partial charge in [-0.1, -0.05) is 12.8 Å². The van der Waals surface area contributed by atoms with Crippen LogP contribution in [0, 0.1) is 5.92 Å². The van der Waals surface area contributed by atoms with E-state index >= 15 is 0 Å². The van der Waals surface area contributed by atoms with Gasteiger partial charge in [0.25, 0.3) is 5.91 Å². The summed E-state index contributed by atoms with van der Waals surface area (Å²) in [5.74, 6) is 0.0201. The molecule has 0 radical (unpaired) electrons. The van der Waals surface area contributed by atoms with Crippen LogP contribution in [0.4, 0.5) is 13.2 Å². The minimum Gasteiger partial charge on any atom is -0.349 e. The van der Waals surface area contributed by atoms with Crippen molar-refractivity contribution in [2.75, 3.05) is 6.54 Å². The molecule has 2 unspecified atom stereocenters. The molecule has 0 saturated heterocycles. The number of benzene rings is 1. The summed E-state index contributed by atoms with van der Waals surface area (Å²) in [7, 11) is 0. The Morgan fingerprint density at radius 1 is 1.22 bits per heavy atom. The molecule has 1 aromatic carbocycles. The molecule has 0 aliphatic heterocycles. The molecule has 1 amide bonds. The van der Waals surface area contributed by atoms with Crippen LogP contribution in [0.2, 0.25) is 0 Å². The lowest BCUT2D eigenvalue weighted by atomic mass is 9.84. The number of amides is 1. The highest BCUT2D eigenvalue weighted by atomic mass is 35.5. The standard InChI is InChI=1S/C15H19F3N2OS.ClH/c16-15(17,18)22-12-7-5-10(6-8-12)14(21)20-13-4-2-1-3-11(13)9-19;/h5-8,11,13H,1-4,9,19H2,(H,20,21);1H. The zero-order chi connectivity index (χ0) is 16.2. The van der Waals surface area contributed by atoms with E-state index in [2.05, 4.69) is 5.32 Å². The maximum Gasteiger partial charge on any atom is 0.446 e. The Hall–Kier alpha value is -0.920. The third-order valence-electron chi connectivity index (χ3n) is 3.88. The summed E-state index contributed by atoms with van der Waals surface area (Å²) in [6.45, 7) is 0.534. The van der Waals surface area contributed by atoms with Crippen LogP contribution in [-0.4, -0.2) is 24.0 Å². The normalized spacial score (nSPS) is 21.4.